The van der Waals surface area contributed by atoms with Gasteiger partial charge in [0.2, 0.25) is 17.6 Å². The molecular formula is C18H18N4O2. The van der Waals surface area contributed by atoms with Crippen molar-refractivity contribution in [2.24, 2.45) is 0 Å². The fourth-order valence-corrected chi connectivity index (χ4v) is 3.05. The highest BCUT2D eigenvalue weighted by atomic mass is 16.5. The standard InChI is InChI=1S/C18H18N4O2/c23-18(15-9-4-10-19-15)20-11-16-21-17(22-24-16)14-8-3-6-12-5-1-2-7-13(12)14/h1-3,5-8,15,19H,4,9-11H2,(H,20,23). The second kappa shape index (κ2) is 6.41. The minimum atomic E-state index is -0.106. The molecule has 0 saturated carbocycles. The van der Waals surface area contributed by atoms with Crippen LogP contribution >= 0.6 is 0 Å². The highest BCUT2D eigenvalue weighted by molar-refractivity contribution is 5.94. The zero-order valence-corrected chi connectivity index (χ0v) is 13.2. The van der Waals surface area contributed by atoms with Crippen molar-refractivity contribution in [3.8, 4) is 11.4 Å². The smallest absolute Gasteiger partial charge is 0.246 e. The largest absolute Gasteiger partial charge is 0.346 e. The van der Waals surface area contributed by atoms with E-state index in [0.717, 1.165) is 35.7 Å². The minimum absolute atomic E-state index is 0.0163. The average Bonchev–Trinajstić information content (AvgIpc) is 3.31. The lowest BCUT2D eigenvalue weighted by molar-refractivity contribution is -0.123. The number of rotatable bonds is 4. The van der Waals surface area contributed by atoms with Crippen LogP contribution in [0.3, 0.4) is 0 Å². The summed E-state index contributed by atoms with van der Waals surface area (Å²) in [5.41, 5.74) is 0.923. The lowest BCUT2D eigenvalue weighted by atomic mass is 10.0. The lowest BCUT2D eigenvalue weighted by Crippen LogP contribution is -2.40. The van der Waals surface area contributed by atoms with Crippen molar-refractivity contribution in [1.82, 2.24) is 20.8 Å². The Kier molecular flexibility index (Phi) is 3.96. The molecule has 6 nitrogen and oxygen atoms in total. The zero-order chi connectivity index (χ0) is 16.4. The number of aromatic nitrogens is 2. The van der Waals surface area contributed by atoms with Crippen molar-refractivity contribution in [2.75, 3.05) is 6.54 Å². The number of nitrogens with zero attached hydrogens (tertiary/aromatic N) is 2. The van der Waals surface area contributed by atoms with E-state index in [-0.39, 0.29) is 18.5 Å². The maximum Gasteiger partial charge on any atom is 0.246 e. The summed E-state index contributed by atoms with van der Waals surface area (Å²) in [6, 6.07) is 14.0. The zero-order valence-electron chi connectivity index (χ0n) is 13.2. The number of benzene rings is 2. The molecule has 1 fully saturated rings. The minimum Gasteiger partial charge on any atom is -0.346 e. The highest BCUT2D eigenvalue weighted by Crippen LogP contribution is 2.26. The van der Waals surface area contributed by atoms with Crippen LogP contribution < -0.4 is 10.6 Å². The van der Waals surface area contributed by atoms with Crippen LogP contribution in [0.15, 0.2) is 47.0 Å². The molecule has 2 aromatic carbocycles. The molecule has 1 aromatic heterocycles. The van der Waals surface area contributed by atoms with Gasteiger partial charge in [-0.25, -0.2) is 0 Å². The van der Waals surface area contributed by atoms with Gasteiger partial charge in [-0.1, -0.05) is 47.6 Å². The third-order valence-electron chi connectivity index (χ3n) is 4.29. The summed E-state index contributed by atoms with van der Waals surface area (Å²) in [6.45, 7) is 1.14. The van der Waals surface area contributed by atoms with Gasteiger partial charge in [0.1, 0.15) is 0 Å². The second-order valence-corrected chi connectivity index (χ2v) is 5.91. The Labute approximate surface area is 139 Å². The summed E-state index contributed by atoms with van der Waals surface area (Å²) in [6.07, 6.45) is 1.90. The Bertz CT molecular complexity index is 863. The van der Waals surface area contributed by atoms with Crippen LogP contribution in [0, 0.1) is 0 Å². The summed E-state index contributed by atoms with van der Waals surface area (Å²) in [7, 11) is 0. The van der Waals surface area contributed by atoms with Gasteiger partial charge in [-0.05, 0) is 30.2 Å². The summed E-state index contributed by atoms with van der Waals surface area (Å²) in [4.78, 5) is 16.4. The topological polar surface area (TPSA) is 80.1 Å². The van der Waals surface area contributed by atoms with Crippen LogP contribution in [-0.4, -0.2) is 28.6 Å². The van der Waals surface area contributed by atoms with Gasteiger partial charge in [0.05, 0.1) is 12.6 Å². The van der Waals surface area contributed by atoms with E-state index in [1.54, 1.807) is 0 Å². The Morgan fingerprint density at radius 1 is 1.25 bits per heavy atom. The monoisotopic (exact) mass is 322 g/mol. The van der Waals surface area contributed by atoms with Crippen molar-refractivity contribution >= 4 is 16.7 Å². The predicted molar refractivity (Wildman–Crippen MR) is 90.1 cm³/mol. The van der Waals surface area contributed by atoms with Crippen molar-refractivity contribution in [2.45, 2.75) is 25.4 Å². The highest BCUT2D eigenvalue weighted by Gasteiger charge is 2.22. The molecule has 3 aromatic rings. The Balaban J connectivity index is 1.51. The van der Waals surface area contributed by atoms with E-state index in [9.17, 15) is 4.79 Å². The van der Waals surface area contributed by atoms with Gasteiger partial charge in [0.15, 0.2) is 0 Å². The maximum atomic E-state index is 12.0. The molecule has 2 heterocycles. The van der Waals surface area contributed by atoms with Gasteiger partial charge in [0.25, 0.3) is 0 Å². The average molecular weight is 322 g/mol. The molecule has 24 heavy (non-hydrogen) atoms. The van der Waals surface area contributed by atoms with Gasteiger partial charge in [-0.2, -0.15) is 4.98 Å². The second-order valence-electron chi connectivity index (χ2n) is 5.91. The number of hydrogen-bond acceptors (Lipinski definition) is 5. The van der Waals surface area contributed by atoms with E-state index >= 15 is 0 Å². The van der Waals surface area contributed by atoms with E-state index in [4.69, 9.17) is 4.52 Å². The number of carbonyl (C=O) groups is 1. The summed E-state index contributed by atoms with van der Waals surface area (Å²) >= 11 is 0. The maximum absolute atomic E-state index is 12.0. The Hall–Kier alpha value is -2.73. The van der Waals surface area contributed by atoms with Gasteiger partial charge in [0, 0.05) is 5.56 Å². The first-order valence-electron chi connectivity index (χ1n) is 8.13. The molecule has 6 heteroatoms. The third-order valence-corrected chi connectivity index (χ3v) is 4.29. The van der Waals surface area contributed by atoms with E-state index in [0.29, 0.717) is 11.7 Å². The molecule has 1 aliphatic heterocycles. The van der Waals surface area contributed by atoms with Crippen molar-refractivity contribution in [3.05, 3.63) is 48.4 Å². The molecule has 4 rings (SSSR count). The first-order chi connectivity index (χ1) is 11.8. The summed E-state index contributed by atoms with van der Waals surface area (Å²) in [5.74, 6) is 0.928. The van der Waals surface area contributed by atoms with Crippen LogP contribution in [0.4, 0.5) is 0 Å². The number of carbonyl (C=O) groups excluding carboxylic acids is 1. The predicted octanol–water partition coefficient (Wildman–Crippen LogP) is 2.26. The van der Waals surface area contributed by atoms with Crippen LogP contribution in [-0.2, 0) is 11.3 Å². The molecule has 1 aliphatic rings. The third kappa shape index (κ3) is 2.88. The van der Waals surface area contributed by atoms with E-state index in [1.807, 2.05) is 30.3 Å². The van der Waals surface area contributed by atoms with Gasteiger partial charge >= 0.3 is 0 Å². The molecule has 1 amide bonds. The fourth-order valence-electron chi connectivity index (χ4n) is 3.05. The fraction of sp³-hybridized carbons (Fsp3) is 0.278. The molecule has 1 unspecified atom stereocenters. The molecular weight excluding hydrogens is 304 g/mol. The quantitative estimate of drug-likeness (QED) is 0.770. The van der Waals surface area contributed by atoms with Crippen molar-refractivity contribution in [3.63, 3.8) is 0 Å². The number of fused-ring (bicyclic) bond motifs is 1. The van der Waals surface area contributed by atoms with Crippen LogP contribution in [0.25, 0.3) is 22.2 Å². The summed E-state index contributed by atoms with van der Waals surface area (Å²) < 4.78 is 5.28. The van der Waals surface area contributed by atoms with Crippen molar-refractivity contribution < 1.29 is 9.32 Å². The molecule has 0 aliphatic carbocycles. The molecule has 0 radical (unpaired) electrons. The SMILES string of the molecule is O=C(NCc1nc(-c2cccc3ccccc23)no1)C1CCCN1. The molecule has 122 valence electrons. The number of nitrogens with one attached hydrogen (secondary N) is 2. The normalized spacial score (nSPS) is 17.2. The van der Waals surface area contributed by atoms with Crippen molar-refractivity contribution in [1.29, 1.82) is 0 Å². The van der Waals surface area contributed by atoms with Gasteiger partial charge < -0.3 is 15.2 Å². The van der Waals surface area contributed by atoms with Crippen LogP contribution in [0.2, 0.25) is 0 Å². The number of hydrogen-bond donors (Lipinski definition) is 2. The Morgan fingerprint density at radius 2 is 2.12 bits per heavy atom. The summed E-state index contributed by atoms with van der Waals surface area (Å²) in [5, 5.41) is 12.3. The van der Waals surface area contributed by atoms with Gasteiger partial charge in [-0.3, -0.25) is 4.79 Å². The Morgan fingerprint density at radius 3 is 3.00 bits per heavy atom. The van der Waals surface area contributed by atoms with Crippen LogP contribution in [0.5, 0.6) is 0 Å². The first kappa shape index (κ1) is 14.8. The lowest BCUT2D eigenvalue weighted by Gasteiger charge is -2.08. The molecule has 0 spiro atoms. The molecule has 1 atom stereocenters. The molecule has 2 N–H and O–H groups in total. The van der Waals surface area contributed by atoms with E-state index < -0.39 is 0 Å². The van der Waals surface area contributed by atoms with E-state index in [2.05, 4.69) is 32.9 Å². The number of amides is 1. The molecule has 0 bridgehead atoms. The van der Waals surface area contributed by atoms with Crippen LogP contribution in [0.1, 0.15) is 18.7 Å². The molecule has 1 saturated heterocycles. The van der Waals surface area contributed by atoms with E-state index in [1.165, 1.54) is 0 Å². The first-order valence-corrected chi connectivity index (χ1v) is 8.13. The van der Waals surface area contributed by atoms with Gasteiger partial charge in [-0.15, -0.1) is 0 Å².